The van der Waals surface area contributed by atoms with Crippen molar-refractivity contribution in [1.82, 2.24) is 4.90 Å². The van der Waals surface area contributed by atoms with E-state index in [2.05, 4.69) is 59.2 Å². The van der Waals surface area contributed by atoms with Gasteiger partial charge < -0.3 is 4.90 Å². The van der Waals surface area contributed by atoms with Crippen molar-refractivity contribution in [2.75, 3.05) is 37.6 Å². The first-order chi connectivity index (χ1) is 10.7. The van der Waals surface area contributed by atoms with E-state index in [1.54, 1.807) is 0 Å². The van der Waals surface area contributed by atoms with E-state index in [9.17, 15) is 0 Å². The Morgan fingerprint density at radius 2 is 1.55 bits per heavy atom. The lowest BCUT2D eigenvalue weighted by Crippen LogP contribution is -2.47. The first kappa shape index (κ1) is 15.4. The molecule has 0 saturated carbocycles. The van der Waals surface area contributed by atoms with Gasteiger partial charge in [0.15, 0.2) is 0 Å². The van der Waals surface area contributed by atoms with E-state index in [1.165, 1.54) is 11.3 Å². The summed E-state index contributed by atoms with van der Waals surface area (Å²) in [5.74, 6) is 0.586. The maximum Gasteiger partial charge on any atom is 0.0407 e. The van der Waals surface area contributed by atoms with Crippen molar-refractivity contribution in [2.45, 2.75) is 12.8 Å². The van der Waals surface area contributed by atoms with Gasteiger partial charge in [-0.15, -0.1) is 0 Å². The molecule has 1 saturated heterocycles. The zero-order chi connectivity index (χ0) is 15.4. The summed E-state index contributed by atoms with van der Waals surface area (Å²) in [6.07, 6.45) is 0. The number of piperazine rings is 1. The summed E-state index contributed by atoms with van der Waals surface area (Å²) in [4.78, 5) is 5.02. The van der Waals surface area contributed by atoms with Gasteiger partial charge in [0.25, 0.3) is 0 Å². The molecular formula is C19H23ClN2. The first-order valence-electron chi connectivity index (χ1n) is 8.00. The molecule has 22 heavy (non-hydrogen) atoms. The van der Waals surface area contributed by atoms with E-state index in [0.717, 1.165) is 37.7 Å². The van der Waals surface area contributed by atoms with Gasteiger partial charge in [0.2, 0.25) is 0 Å². The van der Waals surface area contributed by atoms with Crippen LogP contribution in [-0.2, 0) is 0 Å². The lowest BCUT2D eigenvalue weighted by atomic mass is 10.0. The Hall–Kier alpha value is -1.51. The SMILES string of the molecule is C[C@@H](CN1CCN(c2ccc(Cl)cc2)CC1)c1ccccc1. The molecule has 0 spiro atoms. The van der Waals surface area contributed by atoms with Crippen molar-refractivity contribution in [3.63, 3.8) is 0 Å². The number of benzene rings is 2. The smallest absolute Gasteiger partial charge is 0.0407 e. The highest BCUT2D eigenvalue weighted by atomic mass is 35.5. The predicted molar refractivity (Wildman–Crippen MR) is 95.0 cm³/mol. The minimum atomic E-state index is 0.586. The Morgan fingerprint density at radius 1 is 0.909 bits per heavy atom. The average molecular weight is 315 g/mol. The van der Waals surface area contributed by atoms with E-state index in [4.69, 9.17) is 11.6 Å². The Labute approximate surface area is 138 Å². The van der Waals surface area contributed by atoms with Crippen LogP contribution in [0.25, 0.3) is 0 Å². The molecule has 1 heterocycles. The summed E-state index contributed by atoms with van der Waals surface area (Å²) in [5.41, 5.74) is 2.71. The molecule has 3 rings (SSSR count). The predicted octanol–water partition coefficient (Wildman–Crippen LogP) is 4.27. The van der Waals surface area contributed by atoms with Crippen LogP contribution in [0.5, 0.6) is 0 Å². The minimum Gasteiger partial charge on any atom is -0.369 e. The Morgan fingerprint density at radius 3 is 2.18 bits per heavy atom. The van der Waals surface area contributed by atoms with Gasteiger partial charge in [-0.25, -0.2) is 0 Å². The van der Waals surface area contributed by atoms with E-state index < -0.39 is 0 Å². The fourth-order valence-electron chi connectivity index (χ4n) is 3.11. The van der Waals surface area contributed by atoms with Crippen molar-refractivity contribution in [3.8, 4) is 0 Å². The molecule has 0 unspecified atom stereocenters. The second-order valence-corrected chi connectivity index (χ2v) is 6.51. The molecule has 1 aliphatic rings. The highest BCUT2D eigenvalue weighted by Gasteiger charge is 2.19. The molecule has 3 heteroatoms. The lowest BCUT2D eigenvalue weighted by Gasteiger charge is -2.37. The zero-order valence-corrected chi connectivity index (χ0v) is 13.8. The van der Waals surface area contributed by atoms with Crippen LogP contribution in [0.3, 0.4) is 0 Å². The van der Waals surface area contributed by atoms with Crippen molar-refractivity contribution in [3.05, 3.63) is 65.2 Å². The molecule has 1 atom stereocenters. The summed E-state index contributed by atoms with van der Waals surface area (Å²) in [6.45, 7) is 7.88. The third-order valence-electron chi connectivity index (χ3n) is 4.46. The van der Waals surface area contributed by atoms with Crippen molar-refractivity contribution < 1.29 is 0 Å². The summed E-state index contributed by atoms with van der Waals surface area (Å²) in [6, 6.07) is 19.0. The summed E-state index contributed by atoms with van der Waals surface area (Å²) < 4.78 is 0. The van der Waals surface area contributed by atoms with Gasteiger partial charge in [-0.3, -0.25) is 4.90 Å². The molecule has 0 N–H and O–H groups in total. The molecule has 2 nitrogen and oxygen atoms in total. The molecule has 2 aromatic carbocycles. The summed E-state index contributed by atoms with van der Waals surface area (Å²) in [7, 11) is 0. The number of rotatable bonds is 4. The molecule has 0 aromatic heterocycles. The van der Waals surface area contributed by atoms with Gasteiger partial charge in [-0.1, -0.05) is 48.9 Å². The standard InChI is InChI=1S/C19H23ClN2/c1-16(17-5-3-2-4-6-17)15-21-11-13-22(14-12-21)19-9-7-18(20)8-10-19/h2-10,16H,11-15H2,1H3/t16-/m0/s1. The highest BCUT2D eigenvalue weighted by molar-refractivity contribution is 6.30. The van der Waals surface area contributed by atoms with E-state index in [1.807, 2.05) is 12.1 Å². The maximum absolute atomic E-state index is 5.96. The van der Waals surface area contributed by atoms with Crippen LogP contribution < -0.4 is 4.90 Å². The van der Waals surface area contributed by atoms with Crippen LogP contribution in [0.1, 0.15) is 18.4 Å². The molecule has 1 fully saturated rings. The third kappa shape index (κ3) is 3.82. The van der Waals surface area contributed by atoms with Gasteiger partial charge in [-0.2, -0.15) is 0 Å². The van der Waals surface area contributed by atoms with E-state index in [-0.39, 0.29) is 0 Å². The lowest BCUT2D eigenvalue weighted by molar-refractivity contribution is 0.246. The maximum atomic E-state index is 5.96. The Kier molecular flexibility index (Phi) is 5.01. The van der Waals surface area contributed by atoms with Gasteiger partial charge in [-0.05, 0) is 35.7 Å². The summed E-state index contributed by atoms with van der Waals surface area (Å²) >= 11 is 5.96. The number of anilines is 1. The molecule has 1 aliphatic heterocycles. The van der Waals surface area contributed by atoms with Gasteiger partial charge >= 0.3 is 0 Å². The van der Waals surface area contributed by atoms with Crippen molar-refractivity contribution in [2.24, 2.45) is 0 Å². The zero-order valence-electron chi connectivity index (χ0n) is 13.1. The third-order valence-corrected chi connectivity index (χ3v) is 4.72. The van der Waals surface area contributed by atoms with Crippen LogP contribution in [0, 0.1) is 0 Å². The van der Waals surface area contributed by atoms with Crippen LogP contribution in [0.2, 0.25) is 5.02 Å². The molecule has 2 aromatic rings. The van der Waals surface area contributed by atoms with E-state index >= 15 is 0 Å². The Balaban J connectivity index is 1.52. The van der Waals surface area contributed by atoms with Crippen molar-refractivity contribution in [1.29, 1.82) is 0 Å². The molecule has 0 bridgehead atoms. The molecular weight excluding hydrogens is 292 g/mol. The molecule has 116 valence electrons. The van der Waals surface area contributed by atoms with Gasteiger partial charge in [0, 0.05) is 43.4 Å². The normalized spacial score (nSPS) is 17.5. The van der Waals surface area contributed by atoms with Crippen LogP contribution >= 0.6 is 11.6 Å². The summed E-state index contributed by atoms with van der Waals surface area (Å²) in [5, 5.41) is 0.805. The van der Waals surface area contributed by atoms with Crippen LogP contribution in [0.4, 0.5) is 5.69 Å². The number of nitrogens with zero attached hydrogens (tertiary/aromatic N) is 2. The number of hydrogen-bond donors (Lipinski definition) is 0. The fraction of sp³-hybridized carbons (Fsp3) is 0.368. The van der Waals surface area contributed by atoms with E-state index in [0.29, 0.717) is 5.92 Å². The second-order valence-electron chi connectivity index (χ2n) is 6.08. The monoisotopic (exact) mass is 314 g/mol. The largest absolute Gasteiger partial charge is 0.369 e. The first-order valence-corrected chi connectivity index (χ1v) is 8.38. The topological polar surface area (TPSA) is 6.48 Å². The quantitative estimate of drug-likeness (QED) is 0.831. The van der Waals surface area contributed by atoms with Gasteiger partial charge in [0.1, 0.15) is 0 Å². The second kappa shape index (κ2) is 7.17. The molecule has 0 radical (unpaired) electrons. The fourth-order valence-corrected chi connectivity index (χ4v) is 3.24. The average Bonchev–Trinajstić information content (AvgIpc) is 2.57. The highest BCUT2D eigenvalue weighted by Crippen LogP contribution is 2.21. The number of hydrogen-bond acceptors (Lipinski definition) is 2. The minimum absolute atomic E-state index is 0.586. The van der Waals surface area contributed by atoms with Crippen molar-refractivity contribution >= 4 is 17.3 Å². The number of halogens is 1. The molecule has 0 amide bonds. The molecule has 0 aliphatic carbocycles. The Bertz CT molecular complexity index is 574. The van der Waals surface area contributed by atoms with Crippen LogP contribution in [0.15, 0.2) is 54.6 Å². The van der Waals surface area contributed by atoms with Gasteiger partial charge in [0.05, 0.1) is 0 Å². The van der Waals surface area contributed by atoms with Crippen LogP contribution in [-0.4, -0.2) is 37.6 Å².